The summed E-state index contributed by atoms with van der Waals surface area (Å²) in [7, 11) is 0. The van der Waals surface area contributed by atoms with Gasteiger partial charge in [-0.15, -0.1) is 23.5 Å². The molecule has 27 nitrogen and oxygen atoms in total. The Kier molecular flexibility index (Phi) is 27.7. The molecule has 0 saturated carbocycles. The first kappa shape index (κ1) is 74.1. The maximum absolute atomic E-state index is 12.2. The van der Waals surface area contributed by atoms with E-state index in [4.69, 9.17) is 26.0 Å². The highest BCUT2D eigenvalue weighted by Crippen LogP contribution is 2.26. The molecule has 9 rings (SSSR count). The Balaban J connectivity index is 0.000000241. The number of nitrogens with two attached hydrogens (primary N) is 2. The summed E-state index contributed by atoms with van der Waals surface area (Å²) in [5.74, 6) is -4.59. The number of aliphatic carboxylic acids is 1. The molecule has 0 spiro atoms. The molecule has 0 bridgehead atoms. The number of fused-ring (bicyclic) bond motifs is 4. The predicted molar refractivity (Wildman–Crippen MR) is 334 cm³/mol. The number of cyclic esters (lactones) is 4. The van der Waals surface area contributed by atoms with E-state index in [1.165, 1.54) is 16.7 Å². The number of nitrogens with one attached hydrogen (secondary N) is 3. The van der Waals surface area contributed by atoms with Crippen LogP contribution in [0.1, 0.15) is 147 Å². The summed E-state index contributed by atoms with van der Waals surface area (Å²) < 4.78 is 18.6. The lowest BCUT2D eigenvalue weighted by Gasteiger charge is -2.20. The topological polar surface area (TPSA) is 394 Å². The Labute approximate surface area is 533 Å². The molecule has 8 N–H and O–H groups in total. The number of carboxylic acids is 1. The normalized spacial score (nSPS) is 14.2. The molecule has 91 heavy (non-hydrogen) atoms. The molecule has 5 aliphatic heterocycles. The van der Waals surface area contributed by atoms with E-state index in [1.54, 1.807) is 87.5 Å². The average Bonchev–Trinajstić information content (AvgIpc) is 1.70. The number of hydrogen-bond acceptors (Lipinski definition) is 22. The third-order valence-electron chi connectivity index (χ3n) is 12.1. The van der Waals surface area contributed by atoms with Crippen molar-refractivity contribution in [2.24, 2.45) is 11.5 Å². The number of thioether (sulfide) groups is 2. The first-order valence-corrected chi connectivity index (χ1v) is 30.5. The number of nitrogens with zero attached hydrogens (tertiary/aromatic N) is 3. The molecule has 1 fully saturated rings. The van der Waals surface area contributed by atoms with Crippen LogP contribution in [0.15, 0.2) is 72.8 Å². The van der Waals surface area contributed by atoms with E-state index in [9.17, 15) is 67.1 Å². The highest BCUT2D eigenvalue weighted by Gasteiger charge is 2.38. The second-order valence-corrected chi connectivity index (χ2v) is 24.1. The number of benzene rings is 4. The van der Waals surface area contributed by atoms with Gasteiger partial charge in [0.25, 0.3) is 35.4 Å². The van der Waals surface area contributed by atoms with Gasteiger partial charge in [0, 0.05) is 52.4 Å². The van der Waals surface area contributed by atoms with Gasteiger partial charge in [0.1, 0.15) is 11.2 Å². The fourth-order valence-corrected chi connectivity index (χ4v) is 9.33. The molecule has 0 radical (unpaired) electrons. The quantitative estimate of drug-likeness (QED) is 0.0428. The van der Waals surface area contributed by atoms with Gasteiger partial charge in [-0.05, 0) is 118 Å². The number of carboxylic acid groups (broad SMARTS) is 1. The molecule has 1 saturated heterocycles. The van der Waals surface area contributed by atoms with Gasteiger partial charge in [-0.2, -0.15) is 0 Å². The Morgan fingerprint density at radius 3 is 1.20 bits per heavy atom. The Morgan fingerprint density at radius 1 is 0.484 bits per heavy atom. The second kappa shape index (κ2) is 34.0. The van der Waals surface area contributed by atoms with Gasteiger partial charge in [-0.1, -0.05) is 46.5 Å². The molecule has 5 heterocycles. The standard InChI is InChI=1S/C16H20N2O4.C15H16N2O5S.C11H12N2O2.C9H6O3.C7H16N2O2.C4H4O3S/c1-10-5-6-11-12(9-10)14(20)18(13(11)19)8-7-17-15(21)22-16(2,3)4;1-9-2-3-10-11(6-9)15(22)17(14(10)21)5-4-16-12(18)7-23-8-13(19)20;1-7-2-3-8-9(6-7)11(15)13(5-4-12)10(8)14;1-5-2-3-6-7(4-5)9(11)12-8(6)10;1-7(2,3)11-6(10)9-5-4-8;5-3-1-8-2-4(6)7-3/h5-6,9H,7-8H2,1-4H3,(H,17,21);2-3,6H,4-5,7-8H2,1H3,(H,16,18)(H,19,20);2-3,6H,4-5,12H2,1H3;2-4H,1H3;4-5,8H2,1-3H3,(H,9,10);1-2H2. The van der Waals surface area contributed by atoms with Gasteiger partial charge >= 0.3 is 42.0 Å². The Bertz CT molecular complexity index is 3470. The maximum Gasteiger partial charge on any atom is 0.407 e. The van der Waals surface area contributed by atoms with Crippen molar-refractivity contribution in [2.75, 3.05) is 75.4 Å². The van der Waals surface area contributed by atoms with E-state index in [2.05, 4.69) is 25.4 Å². The molecule has 29 heteroatoms. The van der Waals surface area contributed by atoms with Gasteiger partial charge in [0.15, 0.2) is 0 Å². The van der Waals surface area contributed by atoms with E-state index in [0.717, 1.165) is 43.8 Å². The Hall–Kier alpha value is -9.32. The van der Waals surface area contributed by atoms with Crippen LogP contribution in [0.4, 0.5) is 9.59 Å². The van der Waals surface area contributed by atoms with Gasteiger partial charge in [0.2, 0.25) is 5.91 Å². The monoisotopic (exact) mass is 1300 g/mol. The molecule has 9 amide bonds. The van der Waals surface area contributed by atoms with Crippen molar-refractivity contribution in [3.05, 3.63) is 140 Å². The zero-order valence-corrected chi connectivity index (χ0v) is 53.7. The number of alkyl carbamates (subject to hydrolysis) is 2. The minimum absolute atomic E-state index is 0.0214. The predicted octanol–water partition coefficient (Wildman–Crippen LogP) is 4.77. The van der Waals surface area contributed by atoms with Crippen LogP contribution in [-0.2, 0) is 38.1 Å². The van der Waals surface area contributed by atoms with E-state index in [0.29, 0.717) is 75.6 Å². The third kappa shape index (κ3) is 22.9. The number of aryl methyl sites for hydroxylation is 4. The summed E-state index contributed by atoms with van der Waals surface area (Å²) in [4.78, 5) is 162. The van der Waals surface area contributed by atoms with Crippen LogP contribution >= 0.6 is 23.5 Å². The van der Waals surface area contributed by atoms with E-state index in [1.807, 2.05) is 54.5 Å². The molecule has 5 aliphatic rings. The van der Waals surface area contributed by atoms with Crippen LogP contribution in [0, 0.1) is 27.7 Å². The van der Waals surface area contributed by atoms with Crippen molar-refractivity contribution in [3.63, 3.8) is 0 Å². The van der Waals surface area contributed by atoms with Gasteiger partial charge in [-0.3, -0.25) is 62.6 Å². The zero-order valence-electron chi connectivity index (χ0n) is 52.0. The van der Waals surface area contributed by atoms with Crippen LogP contribution in [0.2, 0.25) is 0 Å². The van der Waals surface area contributed by atoms with E-state index < -0.39 is 53.2 Å². The summed E-state index contributed by atoms with van der Waals surface area (Å²) in [5, 5.41) is 16.1. The number of esters is 4. The van der Waals surface area contributed by atoms with Gasteiger partial charge < -0.3 is 51.5 Å². The molecular weight excluding hydrogens is 1220 g/mol. The molecule has 0 aliphatic carbocycles. The highest BCUT2D eigenvalue weighted by atomic mass is 32.2. The van der Waals surface area contributed by atoms with Gasteiger partial charge in [0.05, 0.1) is 67.5 Å². The van der Waals surface area contributed by atoms with Gasteiger partial charge in [-0.25, -0.2) is 19.2 Å². The van der Waals surface area contributed by atoms with E-state index >= 15 is 0 Å². The number of rotatable bonds is 14. The van der Waals surface area contributed by atoms with Crippen LogP contribution < -0.4 is 27.4 Å². The lowest BCUT2D eigenvalue weighted by Crippen LogP contribution is -2.40. The molecule has 4 aromatic carbocycles. The zero-order chi connectivity index (χ0) is 68.1. The Morgan fingerprint density at radius 2 is 0.835 bits per heavy atom. The number of carbonyl (C=O) groups is 14. The van der Waals surface area contributed by atoms with Crippen molar-refractivity contribution in [3.8, 4) is 0 Å². The third-order valence-corrected chi connectivity index (χ3v) is 13.9. The van der Waals surface area contributed by atoms with E-state index in [-0.39, 0.29) is 85.6 Å². The number of carbonyl (C=O) groups excluding carboxylic acids is 13. The van der Waals surface area contributed by atoms with Crippen molar-refractivity contribution in [2.45, 2.75) is 80.4 Å². The largest absolute Gasteiger partial charge is 0.481 e. The average molecular weight is 1300 g/mol. The summed E-state index contributed by atoms with van der Waals surface area (Å²) >= 11 is 2.27. The lowest BCUT2D eigenvalue weighted by atomic mass is 10.1. The first-order valence-electron chi connectivity index (χ1n) is 28.2. The molecule has 4 aromatic rings. The molecule has 0 unspecified atom stereocenters. The maximum atomic E-state index is 12.2. The minimum atomic E-state index is -0.982. The first-order chi connectivity index (χ1) is 42.7. The number of imide groups is 3. The summed E-state index contributed by atoms with van der Waals surface area (Å²) in [6.45, 7) is 20.1. The van der Waals surface area contributed by atoms with Crippen molar-refractivity contribution in [1.82, 2.24) is 30.7 Å². The number of hydrogen-bond donors (Lipinski definition) is 6. The second-order valence-electron chi connectivity index (χ2n) is 22.2. The summed E-state index contributed by atoms with van der Waals surface area (Å²) in [6, 6.07) is 20.6. The molecular formula is C62H74N8O19S2. The van der Waals surface area contributed by atoms with Crippen molar-refractivity contribution in [1.29, 1.82) is 0 Å². The lowest BCUT2D eigenvalue weighted by molar-refractivity contribution is -0.156. The van der Waals surface area contributed by atoms with Crippen LogP contribution in [-0.4, -0.2) is 190 Å². The number of ether oxygens (including phenoxy) is 4. The minimum Gasteiger partial charge on any atom is -0.481 e. The van der Waals surface area contributed by atoms with Crippen molar-refractivity contribution >= 4 is 107 Å². The fourth-order valence-electron chi connectivity index (χ4n) is 8.22. The number of amides is 9. The van der Waals surface area contributed by atoms with Crippen LogP contribution in [0.5, 0.6) is 0 Å². The highest BCUT2D eigenvalue weighted by molar-refractivity contribution is 8.00. The van der Waals surface area contributed by atoms with Crippen LogP contribution in [0.3, 0.4) is 0 Å². The molecule has 488 valence electrons. The molecule has 0 aromatic heterocycles. The van der Waals surface area contributed by atoms with Crippen molar-refractivity contribution < 1.29 is 91.2 Å². The van der Waals surface area contributed by atoms with Crippen LogP contribution in [0.25, 0.3) is 0 Å². The fraction of sp³-hybridized carbons (Fsp3) is 0.387. The SMILES string of the molecule is CC(C)(C)OC(=O)NCCN.Cc1ccc2c(c1)C(=O)N(CCN)C2=O.Cc1ccc2c(c1)C(=O)N(CCNC(=O)CSCC(=O)O)C2=O.Cc1ccc2c(c1)C(=O)N(CCNC(=O)OC(C)(C)C)C2=O.Cc1ccc2c(c1)C(=O)OC2=O.O=C1CSCC(=O)O1. The smallest absolute Gasteiger partial charge is 0.407 e. The molecule has 0 atom stereocenters. The summed E-state index contributed by atoms with van der Waals surface area (Å²) in [6.07, 6.45) is -0.983. The summed E-state index contributed by atoms with van der Waals surface area (Å²) in [5.41, 5.74) is 16.6.